The van der Waals surface area contributed by atoms with Crippen molar-refractivity contribution in [3.63, 3.8) is 0 Å². The van der Waals surface area contributed by atoms with E-state index in [4.69, 9.17) is 0 Å². The Bertz CT molecular complexity index is 410. The van der Waals surface area contributed by atoms with Crippen LogP contribution in [0.25, 0.3) is 5.57 Å². The Morgan fingerprint density at radius 1 is 1.14 bits per heavy atom. The molecule has 0 amide bonds. The van der Waals surface area contributed by atoms with Crippen LogP contribution in [0.2, 0.25) is 0 Å². The molecule has 2 aliphatic carbocycles. The van der Waals surface area contributed by atoms with Crippen molar-refractivity contribution in [3.05, 3.63) is 40.5 Å². The maximum atomic E-state index is 2.42. The third kappa shape index (κ3) is 1.00. The number of hydrogen-bond donors (Lipinski definition) is 0. The van der Waals surface area contributed by atoms with Crippen LogP contribution in [0, 0.1) is 0 Å². The summed E-state index contributed by atoms with van der Waals surface area (Å²) in [5.41, 5.74) is 8.09. The summed E-state index contributed by atoms with van der Waals surface area (Å²) in [5.74, 6) is 0. The molecule has 0 aliphatic heterocycles. The lowest BCUT2D eigenvalue weighted by Gasteiger charge is -2.10. The van der Waals surface area contributed by atoms with Crippen LogP contribution in [0.1, 0.15) is 42.0 Å². The molecule has 0 fully saturated rings. The van der Waals surface area contributed by atoms with E-state index >= 15 is 0 Å². The molecule has 0 spiro atoms. The second kappa shape index (κ2) is 2.98. The third-order valence-electron chi connectivity index (χ3n) is 3.64. The van der Waals surface area contributed by atoms with Crippen molar-refractivity contribution in [1.29, 1.82) is 0 Å². The van der Waals surface area contributed by atoms with Gasteiger partial charge in [-0.15, -0.1) is 0 Å². The lowest BCUT2D eigenvalue weighted by molar-refractivity contribution is 0.910. The van der Waals surface area contributed by atoms with E-state index in [-0.39, 0.29) is 0 Å². The van der Waals surface area contributed by atoms with Crippen LogP contribution >= 0.6 is 0 Å². The molecule has 72 valence electrons. The zero-order chi connectivity index (χ0) is 9.54. The highest BCUT2D eigenvalue weighted by atomic mass is 14.3. The first kappa shape index (κ1) is 8.28. The first-order valence-electron chi connectivity index (χ1n) is 5.73. The van der Waals surface area contributed by atoms with E-state index in [1.807, 2.05) is 0 Å². The van der Waals surface area contributed by atoms with Gasteiger partial charge in [0.25, 0.3) is 0 Å². The van der Waals surface area contributed by atoms with Gasteiger partial charge >= 0.3 is 0 Å². The standard InChI is InChI=1S/C14H16/c1-2-10-6-8-12-9-7-11-4-3-5-13(11)14(10)12/h6-7,9H,2-5,8H2,1H3. The summed E-state index contributed by atoms with van der Waals surface area (Å²) in [6.45, 7) is 2.27. The van der Waals surface area contributed by atoms with Crippen LogP contribution in [-0.2, 0) is 19.3 Å². The molecule has 0 heterocycles. The Morgan fingerprint density at radius 2 is 2.00 bits per heavy atom. The van der Waals surface area contributed by atoms with E-state index < -0.39 is 0 Å². The number of benzene rings is 1. The van der Waals surface area contributed by atoms with Crippen molar-refractivity contribution in [2.24, 2.45) is 0 Å². The summed E-state index contributed by atoms with van der Waals surface area (Å²) in [6, 6.07) is 4.70. The van der Waals surface area contributed by atoms with E-state index in [0.717, 1.165) is 0 Å². The molecule has 0 nitrogen and oxygen atoms in total. The third-order valence-corrected chi connectivity index (χ3v) is 3.64. The SMILES string of the molecule is CCC1=CCc2ccc3c(c21)CCC3. The van der Waals surface area contributed by atoms with Gasteiger partial charge in [-0.2, -0.15) is 0 Å². The Labute approximate surface area is 85.6 Å². The maximum Gasteiger partial charge on any atom is -0.00853 e. The molecular formula is C14H16. The Balaban J connectivity index is 2.21. The summed E-state index contributed by atoms with van der Waals surface area (Å²) in [6.07, 6.45) is 8.77. The molecule has 2 aliphatic rings. The van der Waals surface area contributed by atoms with E-state index in [0.29, 0.717) is 0 Å². The fourth-order valence-corrected chi connectivity index (χ4v) is 2.94. The second-order valence-corrected chi connectivity index (χ2v) is 4.38. The highest BCUT2D eigenvalue weighted by Gasteiger charge is 2.21. The van der Waals surface area contributed by atoms with Gasteiger partial charge in [0, 0.05) is 0 Å². The van der Waals surface area contributed by atoms with Crippen LogP contribution in [0.3, 0.4) is 0 Å². The highest BCUT2D eigenvalue weighted by Crippen LogP contribution is 2.37. The molecule has 1 aromatic carbocycles. The lowest BCUT2D eigenvalue weighted by Crippen LogP contribution is -1.93. The molecule has 0 saturated carbocycles. The van der Waals surface area contributed by atoms with Gasteiger partial charge in [-0.25, -0.2) is 0 Å². The molecule has 0 radical (unpaired) electrons. The zero-order valence-corrected chi connectivity index (χ0v) is 8.77. The minimum Gasteiger partial charge on any atom is -0.0763 e. The van der Waals surface area contributed by atoms with Gasteiger partial charge in [-0.3, -0.25) is 0 Å². The molecule has 0 heteroatoms. The van der Waals surface area contributed by atoms with Gasteiger partial charge in [0.15, 0.2) is 0 Å². The van der Waals surface area contributed by atoms with Crippen LogP contribution in [0.4, 0.5) is 0 Å². The van der Waals surface area contributed by atoms with Crippen molar-refractivity contribution in [2.75, 3.05) is 0 Å². The van der Waals surface area contributed by atoms with Crippen LogP contribution in [0.15, 0.2) is 18.2 Å². The van der Waals surface area contributed by atoms with Gasteiger partial charge in [0.2, 0.25) is 0 Å². The molecule has 0 atom stereocenters. The van der Waals surface area contributed by atoms with Gasteiger partial charge in [-0.1, -0.05) is 25.1 Å². The molecule has 0 saturated heterocycles. The average molecular weight is 184 g/mol. The van der Waals surface area contributed by atoms with E-state index in [1.54, 1.807) is 27.8 Å². The topological polar surface area (TPSA) is 0 Å². The Hall–Kier alpha value is -1.04. The van der Waals surface area contributed by atoms with Gasteiger partial charge in [0.05, 0.1) is 0 Å². The number of rotatable bonds is 1. The van der Waals surface area contributed by atoms with Crippen molar-refractivity contribution < 1.29 is 0 Å². The zero-order valence-electron chi connectivity index (χ0n) is 8.77. The first-order valence-corrected chi connectivity index (χ1v) is 5.73. The summed E-state index contributed by atoms with van der Waals surface area (Å²) < 4.78 is 0. The fraction of sp³-hybridized carbons (Fsp3) is 0.429. The van der Waals surface area contributed by atoms with Crippen molar-refractivity contribution in [2.45, 2.75) is 39.0 Å². The summed E-state index contributed by atoms with van der Waals surface area (Å²) >= 11 is 0. The fourth-order valence-electron chi connectivity index (χ4n) is 2.94. The van der Waals surface area contributed by atoms with Gasteiger partial charge in [0.1, 0.15) is 0 Å². The molecule has 1 aromatic rings. The molecule has 3 rings (SSSR count). The predicted molar refractivity (Wildman–Crippen MR) is 60.4 cm³/mol. The molecular weight excluding hydrogens is 168 g/mol. The van der Waals surface area contributed by atoms with Crippen LogP contribution in [0.5, 0.6) is 0 Å². The smallest absolute Gasteiger partial charge is 0.00853 e. The number of fused-ring (bicyclic) bond motifs is 3. The maximum absolute atomic E-state index is 2.42. The second-order valence-electron chi connectivity index (χ2n) is 4.38. The summed E-state index contributed by atoms with van der Waals surface area (Å²) in [4.78, 5) is 0. The van der Waals surface area contributed by atoms with Crippen molar-refractivity contribution in [3.8, 4) is 0 Å². The quantitative estimate of drug-likeness (QED) is 0.626. The van der Waals surface area contributed by atoms with Crippen molar-refractivity contribution in [1.82, 2.24) is 0 Å². The lowest BCUT2D eigenvalue weighted by atomic mass is 9.95. The largest absolute Gasteiger partial charge is 0.0763 e. The van der Waals surface area contributed by atoms with E-state index in [1.165, 1.54) is 32.1 Å². The number of hydrogen-bond acceptors (Lipinski definition) is 0. The number of allylic oxidation sites excluding steroid dienone is 2. The average Bonchev–Trinajstić information content (AvgIpc) is 2.82. The summed E-state index contributed by atoms with van der Waals surface area (Å²) in [7, 11) is 0. The van der Waals surface area contributed by atoms with Gasteiger partial charge < -0.3 is 0 Å². The number of aryl methyl sites for hydroxylation is 1. The monoisotopic (exact) mass is 184 g/mol. The minimum absolute atomic E-state index is 1.17. The molecule has 0 bridgehead atoms. The predicted octanol–water partition coefficient (Wildman–Crippen LogP) is 3.52. The molecule has 0 aromatic heterocycles. The first-order chi connectivity index (χ1) is 6.90. The Kier molecular flexibility index (Phi) is 1.76. The van der Waals surface area contributed by atoms with Crippen molar-refractivity contribution >= 4 is 5.57 Å². The normalized spacial score (nSPS) is 17.9. The van der Waals surface area contributed by atoms with Crippen LogP contribution < -0.4 is 0 Å². The van der Waals surface area contributed by atoms with E-state index in [9.17, 15) is 0 Å². The summed E-state index contributed by atoms with van der Waals surface area (Å²) in [5, 5.41) is 0. The molecule has 0 unspecified atom stereocenters. The molecule has 0 N–H and O–H groups in total. The van der Waals surface area contributed by atoms with Crippen LogP contribution in [-0.4, -0.2) is 0 Å². The highest BCUT2D eigenvalue weighted by molar-refractivity contribution is 5.76. The Morgan fingerprint density at radius 3 is 2.86 bits per heavy atom. The van der Waals surface area contributed by atoms with Gasteiger partial charge in [-0.05, 0) is 59.9 Å². The molecule has 14 heavy (non-hydrogen) atoms. The van der Waals surface area contributed by atoms with E-state index in [2.05, 4.69) is 25.1 Å². The minimum atomic E-state index is 1.17.